The first-order valence-electron chi connectivity index (χ1n) is 4.45. The van der Waals surface area contributed by atoms with Crippen molar-refractivity contribution in [3.63, 3.8) is 0 Å². The molecule has 1 aromatic carbocycles. The van der Waals surface area contributed by atoms with Gasteiger partial charge in [0.25, 0.3) is 0 Å². The first-order chi connectivity index (χ1) is 6.18. The lowest BCUT2D eigenvalue weighted by atomic mass is 10.0. The van der Waals surface area contributed by atoms with E-state index in [0.29, 0.717) is 5.92 Å². The highest BCUT2D eigenvalue weighted by atomic mass is 16.3. The van der Waals surface area contributed by atoms with Crippen molar-refractivity contribution in [1.82, 2.24) is 0 Å². The van der Waals surface area contributed by atoms with Crippen molar-refractivity contribution in [1.29, 1.82) is 0 Å². The molecule has 2 heteroatoms. The number of nitrogen functional groups attached to an aromatic ring is 1. The molecule has 2 nitrogen and oxygen atoms in total. The average molecular weight is 175 g/mol. The summed E-state index contributed by atoms with van der Waals surface area (Å²) in [6, 6.07) is 5.74. The monoisotopic (exact) mass is 175 g/mol. The van der Waals surface area contributed by atoms with Crippen molar-refractivity contribution in [2.75, 3.05) is 5.73 Å². The minimum atomic E-state index is 0.475. The van der Waals surface area contributed by atoms with Crippen LogP contribution in [0.5, 0.6) is 0 Å². The predicted molar refractivity (Wildman–Crippen MR) is 54.7 cm³/mol. The summed E-state index contributed by atoms with van der Waals surface area (Å²) in [6.45, 7) is 4.29. The SMILES string of the molecule is CC(C)c1coc2ccc(N)cc12. The van der Waals surface area contributed by atoms with E-state index in [4.69, 9.17) is 10.2 Å². The van der Waals surface area contributed by atoms with Crippen molar-refractivity contribution < 1.29 is 4.42 Å². The summed E-state index contributed by atoms with van der Waals surface area (Å²) in [4.78, 5) is 0. The largest absolute Gasteiger partial charge is 0.464 e. The van der Waals surface area contributed by atoms with Gasteiger partial charge in [-0.3, -0.25) is 0 Å². The molecule has 0 bridgehead atoms. The summed E-state index contributed by atoms with van der Waals surface area (Å²) in [6.07, 6.45) is 1.81. The van der Waals surface area contributed by atoms with Gasteiger partial charge in [-0.1, -0.05) is 13.8 Å². The number of fused-ring (bicyclic) bond motifs is 1. The number of furan rings is 1. The summed E-state index contributed by atoms with van der Waals surface area (Å²) in [5.74, 6) is 0.475. The van der Waals surface area contributed by atoms with E-state index in [0.717, 1.165) is 16.7 Å². The van der Waals surface area contributed by atoms with E-state index in [1.165, 1.54) is 5.56 Å². The molecule has 0 aliphatic carbocycles. The van der Waals surface area contributed by atoms with E-state index < -0.39 is 0 Å². The number of hydrogen-bond acceptors (Lipinski definition) is 2. The zero-order chi connectivity index (χ0) is 9.42. The maximum Gasteiger partial charge on any atom is 0.134 e. The first kappa shape index (κ1) is 8.17. The highest BCUT2D eigenvalue weighted by Crippen LogP contribution is 2.28. The number of benzene rings is 1. The number of rotatable bonds is 1. The molecule has 0 radical (unpaired) electrons. The minimum Gasteiger partial charge on any atom is -0.464 e. The lowest BCUT2D eigenvalue weighted by Gasteiger charge is -2.00. The Bertz CT molecular complexity index is 429. The van der Waals surface area contributed by atoms with Crippen LogP contribution in [0.2, 0.25) is 0 Å². The van der Waals surface area contributed by atoms with Gasteiger partial charge in [0, 0.05) is 16.6 Å². The van der Waals surface area contributed by atoms with Crippen LogP contribution in [0.3, 0.4) is 0 Å². The normalized spacial score (nSPS) is 11.3. The molecule has 0 aliphatic rings. The van der Waals surface area contributed by atoms with Gasteiger partial charge in [0.2, 0.25) is 0 Å². The maximum absolute atomic E-state index is 5.71. The third-order valence-corrected chi connectivity index (χ3v) is 2.25. The van der Waals surface area contributed by atoms with Gasteiger partial charge in [-0.15, -0.1) is 0 Å². The van der Waals surface area contributed by atoms with E-state index in [1.807, 2.05) is 24.5 Å². The highest BCUT2D eigenvalue weighted by molar-refractivity contribution is 5.84. The number of hydrogen-bond donors (Lipinski definition) is 1. The van der Waals surface area contributed by atoms with Crippen LogP contribution < -0.4 is 5.73 Å². The molecule has 0 saturated carbocycles. The lowest BCUT2D eigenvalue weighted by Crippen LogP contribution is -1.86. The fraction of sp³-hybridized carbons (Fsp3) is 0.273. The Hall–Kier alpha value is -1.44. The van der Waals surface area contributed by atoms with Crippen LogP contribution in [-0.4, -0.2) is 0 Å². The molecular weight excluding hydrogens is 162 g/mol. The Morgan fingerprint density at radius 3 is 2.77 bits per heavy atom. The summed E-state index contributed by atoms with van der Waals surface area (Å²) in [5.41, 5.74) is 8.64. The Morgan fingerprint density at radius 1 is 1.31 bits per heavy atom. The van der Waals surface area contributed by atoms with Crippen LogP contribution in [0.4, 0.5) is 5.69 Å². The van der Waals surface area contributed by atoms with Gasteiger partial charge in [-0.2, -0.15) is 0 Å². The standard InChI is InChI=1S/C11H13NO/c1-7(2)10-6-13-11-4-3-8(12)5-9(10)11/h3-7H,12H2,1-2H3. The van der Waals surface area contributed by atoms with Gasteiger partial charge in [-0.05, 0) is 24.1 Å². The third-order valence-electron chi connectivity index (χ3n) is 2.25. The van der Waals surface area contributed by atoms with Crippen LogP contribution in [0.15, 0.2) is 28.9 Å². The van der Waals surface area contributed by atoms with Crippen molar-refractivity contribution in [3.05, 3.63) is 30.0 Å². The Labute approximate surface area is 77.3 Å². The highest BCUT2D eigenvalue weighted by Gasteiger charge is 2.08. The molecule has 0 amide bonds. The number of anilines is 1. The second-order valence-corrected chi connectivity index (χ2v) is 3.60. The van der Waals surface area contributed by atoms with E-state index in [-0.39, 0.29) is 0 Å². The van der Waals surface area contributed by atoms with E-state index in [1.54, 1.807) is 0 Å². The fourth-order valence-corrected chi connectivity index (χ4v) is 1.51. The first-order valence-corrected chi connectivity index (χ1v) is 4.45. The van der Waals surface area contributed by atoms with Crippen LogP contribution in [0.1, 0.15) is 25.3 Å². The second-order valence-electron chi connectivity index (χ2n) is 3.60. The fourth-order valence-electron chi connectivity index (χ4n) is 1.51. The van der Waals surface area contributed by atoms with Crippen LogP contribution in [-0.2, 0) is 0 Å². The van der Waals surface area contributed by atoms with E-state index >= 15 is 0 Å². The minimum absolute atomic E-state index is 0.475. The summed E-state index contributed by atoms with van der Waals surface area (Å²) in [7, 11) is 0. The van der Waals surface area contributed by atoms with Crippen LogP contribution >= 0.6 is 0 Å². The summed E-state index contributed by atoms with van der Waals surface area (Å²) in [5, 5.41) is 1.13. The van der Waals surface area contributed by atoms with E-state index in [2.05, 4.69) is 13.8 Å². The van der Waals surface area contributed by atoms with Crippen molar-refractivity contribution in [2.24, 2.45) is 0 Å². The molecule has 0 fully saturated rings. The number of nitrogens with two attached hydrogens (primary N) is 1. The molecule has 0 saturated heterocycles. The van der Waals surface area contributed by atoms with Gasteiger partial charge in [0.1, 0.15) is 5.58 Å². The summed E-state index contributed by atoms with van der Waals surface area (Å²) >= 11 is 0. The Morgan fingerprint density at radius 2 is 2.08 bits per heavy atom. The molecule has 2 rings (SSSR count). The van der Waals surface area contributed by atoms with Gasteiger partial charge in [0.05, 0.1) is 6.26 Å². The molecule has 68 valence electrons. The molecule has 0 atom stereocenters. The zero-order valence-electron chi connectivity index (χ0n) is 7.87. The van der Waals surface area contributed by atoms with Gasteiger partial charge in [-0.25, -0.2) is 0 Å². The summed E-state index contributed by atoms with van der Waals surface area (Å²) < 4.78 is 5.41. The van der Waals surface area contributed by atoms with Crippen LogP contribution in [0.25, 0.3) is 11.0 Å². The van der Waals surface area contributed by atoms with Gasteiger partial charge < -0.3 is 10.2 Å². The molecule has 2 N–H and O–H groups in total. The van der Waals surface area contributed by atoms with Crippen molar-refractivity contribution in [2.45, 2.75) is 19.8 Å². The molecule has 0 unspecified atom stereocenters. The molecule has 2 aromatic rings. The third kappa shape index (κ3) is 1.28. The molecular formula is C11H13NO. The van der Waals surface area contributed by atoms with Gasteiger partial charge in [0.15, 0.2) is 0 Å². The zero-order valence-corrected chi connectivity index (χ0v) is 7.87. The molecule has 0 aliphatic heterocycles. The predicted octanol–water partition coefficient (Wildman–Crippen LogP) is 3.14. The Balaban J connectivity index is 2.71. The lowest BCUT2D eigenvalue weighted by molar-refractivity contribution is 0.606. The molecule has 0 spiro atoms. The quantitative estimate of drug-likeness (QED) is 0.676. The average Bonchev–Trinajstić information content (AvgIpc) is 2.46. The molecule has 1 aromatic heterocycles. The molecule has 1 heterocycles. The topological polar surface area (TPSA) is 39.2 Å². The van der Waals surface area contributed by atoms with Gasteiger partial charge >= 0.3 is 0 Å². The maximum atomic E-state index is 5.71. The second kappa shape index (κ2) is 2.80. The van der Waals surface area contributed by atoms with Crippen molar-refractivity contribution >= 4 is 16.7 Å². The van der Waals surface area contributed by atoms with Crippen molar-refractivity contribution in [3.8, 4) is 0 Å². The Kier molecular flexibility index (Phi) is 1.76. The molecule has 13 heavy (non-hydrogen) atoms. The smallest absolute Gasteiger partial charge is 0.134 e. The van der Waals surface area contributed by atoms with E-state index in [9.17, 15) is 0 Å². The van der Waals surface area contributed by atoms with Crippen LogP contribution in [0, 0.1) is 0 Å².